The van der Waals surface area contributed by atoms with Gasteiger partial charge in [-0.15, -0.1) is 0 Å². The van der Waals surface area contributed by atoms with Crippen LogP contribution in [0.3, 0.4) is 0 Å². The van der Waals surface area contributed by atoms with Crippen LogP contribution in [0.4, 0.5) is 5.69 Å². The molecule has 0 radical (unpaired) electrons. The molecule has 4 nitrogen and oxygen atoms in total. The molecule has 1 heterocycles. The molecule has 3 rings (SSSR count). The first kappa shape index (κ1) is 14.4. The van der Waals surface area contributed by atoms with Crippen molar-refractivity contribution in [2.45, 2.75) is 32.0 Å². The molecule has 1 N–H and O–H groups in total. The Hall–Kier alpha value is -1.52. The quantitative estimate of drug-likeness (QED) is 0.891. The summed E-state index contributed by atoms with van der Waals surface area (Å²) in [5.41, 5.74) is 2.27. The lowest BCUT2D eigenvalue weighted by molar-refractivity contribution is 0.688. The van der Waals surface area contributed by atoms with E-state index in [1.807, 2.05) is 30.1 Å². The van der Waals surface area contributed by atoms with Crippen LogP contribution in [0.5, 0.6) is 0 Å². The van der Waals surface area contributed by atoms with Crippen LogP contribution in [0.25, 0.3) is 0 Å². The van der Waals surface area contributed by atoms with Gasteiger partial charge in [0.25, 0.3) is 0 Å². The lowest BCUT2D eigenvalue weighted by atomic mass is 10.2. The van der Waals surface area contributed by atoms with Gasteiger partial charge in [0.2, 0.25) is 0 Å². The number of imidazole rings is 1. The van der Waals surface area contributed by atoms with E-state index in [4.69, 9.17) is 11.6 Å². The summed E-state index contributed by atoms with van der Waals surface area (Å²) in [5, 5.41) is 4.32. The maximum absolute atomic E-state index is 6.40. The van der Waals surface area contributed by atoms with Crippen LogP contribution in [0.15, 0.2) is 30.6 Å². The molecule has 1 saturated carbocycles. The molecule has 0 atom stereocenters. The summed E-state index contributed by atoms with van der Waals surface area (Å²) in [6.45, 7) is 1.62. The van der Waals surface area contributed by atoms with Crippen molar-refractivity contribution in [2.75, 3.05) is 11.9 Å². The third kappa shape index (κ3) is 3.57. The van der Waals surface area contributed by atoms with Crippen LogP contribution >= 0.6 is 11.6 Å². The van der Waals surface area contributed by atoms with Crippen LogP contribution in [0.1, 0.15) is 24.2 Å². The highest BCUT2D eigenvalue weighted by Crippen LogP contribution is 2.25. The number of benzene rings is 1. The van der Waals surface area contributed by atoms with E-state index in [-0.39, 0.29) is 0 Å². The summed E-state index contributed by atoms with van der Waals surface area (Å²) in [5.74, 6) is 1.04. The second kappa shape index (κ2) is 6.08. The first-order valence-electron chi connectivity index (χ1n) is 7.32. The Labute approximate surface area is 130 Å². The van der Waals surface area contributed by atoms with Gasteiger partial charge in [-0.2, -0.15) is 0 Å². The third-order valence-electron chi connectivity index (χ3n) is 3.94. The predicted octanol–water partition coefficient (Wildman–Crippen LogP) is 2.96. The van der Waals surface area contributed by atoms with Gasteiger partial charge < -0.3 is 14.8 Å². The van der Waals surface area contributed by atoms with Crippen molar-refractivity contribution in [3.63, 3.8) is 0 Å². The SMILES string of the molecule is CN(Cc1nccn1C)c1ccc(CNC2CC2)c(Cl)c1. The molecule has 1 aromatic heterocycles. The van der Waals surface area contributed by atoms with Gasteiger partial charge in [-0.1, -0.05) is 17.7 Å². The highest BCUT2D eigenvalue weighted by molar-refractivity contribution is 6.31. The summed E-state index contributed by atoms with van der Waals surface area (Å²) in [7, 11) is 4.07. The van der Waals surface area contributed by atoms with Gasteiger partial charge in [-0.25, -0.2) is 4.98 Å². The van der Waals surface area contributed by atoms with Crippen LogP contribution in [0.2, 0.25) is 5.02 Å². The molecule has 0 spiro atoms. The van der Waals surface area contributed by atoms with Crippen molar-refractivity contribution in [1.82, 2.24) is 14.9 Å². The zero-order valence-electron chi connectivity index (χ0n) is 12.5. The Bertz CT molecular complexity index is 618. The highest BCUT2D eigenvalue weighted by atomic mass is 35.5. The second-order valence-corrected chi connectivity index (χ2v) is 6.15. The molecule has 1 aliphatic carbocycles. The Morgan fingerprint density at radius 1 is 1.43 bits per heavy atom. The number of hydrogen-bond donors (Lipinski definition) is 1. The van der Waals surface area contributed by atoms with E-state index >= 15 is 0 Å². The number of aryl methyl sites for hydroxylation is 1. The van der Waals surface area contributed by atoms with E-state index in [9.17, 15) is 0 Å². The average Bonchev–Trinajstić information content (AvgIpc) is 3.21. The number of nitrogens with zero attached hydrogens (tertiary/aromatic N) is 3. The first-order chi connectivity index (χ1) is 10.1. The van der Waals surface area contributed by atoms with E-state index in [1.54, 1.807) is 0 Å². The highest BCUT2D eigenvalue weighted by Gasteiger charge is 2.20. The van der Waals surface area contributed by atoms with Crippen molar-refractivity contribution in [2.24, 2.45) is 7.05 Å². The maximum atomic E-state index is 6.40. The van der Waals surface area contributed by atoms with Gasteiger partial charge in [0.05, 0.1) is 6.54 Å². The average molecular weight is 305 g/mol. The Kier molecular flexibility index (Phi) is 4.17. The van der Waals surface area contributed by atoms with Gasteiger partial charge in [-0.05, 0) is 30.5 Å². The largest absolute Gasteiger partial charge is 0.367 e. The van der Waals surface area contributed by atoms with Gasteiger partial charge in [0, 0.05) is 49.8 Å². The number of hydrogen-bond acceptors (Lipinski definition) is 3. The minimum atomic E-state index is 0.701. The molecular formula is C16H21ClN4. The summed E-state index contributed by atoms with van der Waals surface area (Å²) in [4.78, 5) is 6.51. The summed E-state index contributed by atoms with van der Waals surface area (Å²) >= 11 is 6.40. The molecule has 0 amide bonds. The van der Waals surface area contributed by atoms with Crippen LogP contribution in [0, 0.1) is 0 Å². The van der Waals surface area contributed by atoms with Crippen molar-refractivity contribution in [1.29, 1.82) is 0 Å². The summed E-state index contributed by atoms with van der Waals surface area (Å²) in [6.07, 6.45) is 6.37. The Balaban J connectivity index is 1.66. The van der Waals surface area contributed by atoms with Gasteiger partial charge in [0.1, 0.15) is 5.82 Å². The van der Waals surface area contributed by atoms with Crippen molar-refractivity contribution >= 4 is 17.3 Å². The fourth-order valence-electron chi connectivity index (χ4n) is 2.31. The topological polar surface area (TPSA) is 33.1 Å². The summed E-state index contributed by atoms with van der Waals surface area (Å²) in [6, 6.07) is 6.97. The van der Waals surface area contributed by atoms with E-state index in [0.717, 1.165) is 35.2 Å². The van der Waals surface area contributed by atoms with E-state index in [0.29, 0.717) is 6.04 Å². The van der Waals surface area contributed by atoms with Crippen LogP contribution < -0.4 is 10.2 Å². The molecule has 21 heavy (non-hydrogen) atoms. The number of halogens is 1. The molecule has 2 aromatic rings. The lowest BCUT2D eigenvalue weighted by Crippen LogP contribution is -2.19. The zero-order chi connectivity index (χ0) is 14.8. The molecule has 112 valence electrons. The molecule has 5 heteroatoms. The standard InChI is InChI=1S/C16H21ClN4/c1-20-8-7-18-16(20)11-21(2)14-6-3-12(15(17)9-14)10-19-13-4-5-13/h3,6-9,13,19H,4-5,10-11H2,1-2H3. The zero-order valence-corrected chi connectivity index (χ0v) is 13.3. The van der Waals surface area contributed by atoms with Crippen molar-refractivity contribution in [3.8, 4) is 0 Å². The monoisotopic (exact) mass is 304 g/mol. The van der Waals surface area contributed by atoms with E-state index < -0.39 is 0 Å². The fourth-order valence-corrected chi connectivity index (χ4v) is 2.55. The van der Waals surface area contributed by atoms with E-state index in [2.05, 4.69) is 34.4 Å². The van der Waals surface area contributed by atoms with Crippen LogP contribution in [-0.2, 0) is 20.1 Å². The molecule has 0 aliphatic heterocycles. The minimum Gasteiger partial charge on any atom is -0.367 e. The number of nitrogens with one attached hydrogen (secondary N) is 1. The number of rotatable bonds is 6. The number of aromatic nitrogens is 2. The Morgan fingerprint density at radius 3 is 2.86 bits per heavy atom. The van der Waals surface area contributed by atoms with Crippen molar-refractivity contribution in [3.05, 3.63) is 47.0 Å². The fraction of sp³-hybridized carbons (Fsp3) is 0.438. The third-order valence-corrected chi connectivity index (χ3v) is 4.29. The lowest BCUT2D eigenvalue weighted by Gasteiger charge is -2.20. The molecule has 0 bridgehead atoms. The second-order valence-electron chi connectivity index (χ2n) is 5.74. The van der Waals surface area contributed by atoms with Gasteiger partial charge in [0.15, 0.2) is 0 Å². The van der Waals surface area contributed by atoms with Gasteiger partial charge >= 0.3 is 0 Å². The molecular weight excluding hydrogens is 284 g/mol. The molecule has 1 fully saturated rings. The first-order valence-corrected chi connectivity index (χ1v) is 7.70. The van der Waals surface area contributed by atoms with Crippen LogP contribution in [-0.4, -0.2) is 22.6 Å². The van der Waals surface area contributed by atoms with Crippen molar-refractivity contribution < 1.29 is 0 Å². The molecule has 1 aliphatic rings. The summed E-state index contributed by atoms with van der Waals surface area (Å²) < 4.78 is 2.03. The molecule has 0 unspecified atom stereocenters. The predicted molar refractivity (Wildman–Crippen MR) is 86.6 cm³/mol. The van der Waals surface area contributed by atoms with E-state index in [1.165, 1.54) is 12.8 Å². The normalized spacial score (nSPS) is 14.4. The smallest absolute Gasteiger partial charge is 0.127 e. The maximum Gasteiger partial charge on any atom is 0.127 e. The Morgan fingerprint density at radius 2 is 2.24 bits per heavy atom. The minimum absolute atomic E-state index is 0.701. The molecule has 0 saturated heterocycles. The molecule has 1 aromatic carbocycles. The van der Waals surface area contributed by atoms with Gasteiger partial charge in [-0.3, -0.25) is 0 Å². The number of anilines is 1.